The highest BCUT2D eigenvalue weighted by atomic mass is 35.5. The van der Waals surface area contributed by atoms with Crippen molar-refractivity contribution in [1.29, 1.82) is 0 Å². The summed E-state index contributed by atoms with van der Waals surface area (Å²) in [6.45, 7) is 0. The Morgan fingerprint density at radius 1 is 1.40 bits per heavy atom. The van der Waals surface area contributed by atoms with Gasteiger partial charge in [-0.3, -0.25) is 4.79 Å². The van der Waals surface area contributed by atoms with E-state index < -0.39 is 17.4 Å². The Hall–Kier alpha value is -0.880. The maximum Gasteiger partial charge on any atom is 0.573 e. The van der Waals surface area contributed by atoms with E-state index in [9.17, 15) is 18.0 Å². The van der Waals surface area contributed by atoms with Crippen LogP contribution >= 0.6 is 24.2 Å². The molecular formula is C8H4ClF3O2S. The molecule has 1 aromatic rings. The van der Waals surface area contributed by atoms with Crippen molar-refractivity contribution >= 4 is 29.5 Å². The van der Waals surface area contributed by atoms with E-state index >= 15 is 0 Å². The molecule has 0 saturated carbocycles. The molecule has 82 valence electrons. The molecule has 0 amide bonds. The van der Waals surface area contributed by atoms with Crippen LogP contribution in [0.1, 0.15) is 10.4 Å². The van der Waals surface area contributed by atoms with Crippen LogP contribution in [0.5, 0.6) is 5.75 Å². The van der Waals surface area contributed by atoms with Crippen molar-refractivity contribution < 1.29 is 22.7 Å². The van der Waals surface area contributed by atoms with Crippen molar-refractivity contribution in [1.82, 2.24) is 0 Å². The Balaban J connectivity index is 3.12. The summed E-state index contributed by atoms with van der Waals surface area (Å²) >= 11 is 8.95. The number of alkyl halides is 3. The number of thiol groups is 1. The van der Waals surface area contributed by atoms with Gasteiger partial charge in [-0.05, 0) is 29.8 Å². The van der Waals surface area contributed by atoms with Crippen molar-refractivity contribution in [2.75, 3.05) is 0 Å². The number of hydrogen-bond acceptors (Lipinski definition) is 3. The summed E-state index contributed by atoms with van der Waals surface area (Å²) in [5.41, 5.74) is -0.374. The molecule has 0 unspecified atom stereocenters. The van der Waals surface area contributed by atoms with Gasteiger partial charge >= 0.3 is 6.36 Å². The first kappa shape index (κ1) is 12.2. The predicted octanol–water partition coefficient (Wildman–Crippen LogP) is 3.25. The molecule has 0 aliphatic carbocycles. The second-order valence-electron chi connectivity index (χ2n) is 2.50. The maximum atomic E-state index is 11.9. The number of rotatable bonds is 2. The zero-order chi connectivity index (χ0) is 11.6. The topological polar surface area (TPSA) is 26.3 Å². The molecule has 0 saturated heterocycles. The highest BCUT2D eigenvalue weighted by Crippen LogP contribution is 2.29. The molecule has 0 spiro atoms. The normalized spacial score (nSPS) is 11.3. The molecule has 15 heavy (non-hydrogen) atoms. The quantitative estimate of drug-likeness (QED) is 0.649. The summed E-state index contributed by atoms with van der Waals surface area (Å²) in [6.07, 6.45) is -4.86. The molecule has 1 aromatic carbocycles. The van der Waals surface area contributed by atoms with Crippen LogP contribution in [0, 0.1) is 0 Å². The number of benzene rings is 1. The molecule has 0 atom stereocenters. The van der Waals surface area contributed by atoms with Crippen molar-refractivity contribution in [3.8, 4) is 5.75 Å². The summed E-state index contributed by atoms with van der Waals surface area (Å²) < 4.78 is 39.3. The third kappa shape index (κ3) is 3.64. The number of ether oxygens (including phenoxy) is 1. The predicted molar refractivity (Wildman–Crippen MR) is 50.6 cm³/mol. The van der Waals surface area contributed by atoms with Gasteiger partial charge in [0.15, 0.2) is 0 Å². The van der Waals surface area contributed by atoms with Gasteiger partial charge in [0, 0.05) is 4.90 Å². The Kier molecular flexibility index (Phi) is 3.51. The largest absolute Gasteiger partial charge is 0.573 e. The molecule has 0 fully saturated rings. The summed E-state index contributed by atoms with van der Waals surface area (Å²) in [5.74, 6) is -0.639. The average molecular weight is 257 g/mol. The molecule has 0 bridgehead atoms. The van der Waals surface area contributed by atoms with E-state index in [4.69, 9.17) is 11.6 Å². The van der Waals surface area contributed by atoms with E-state index in [1.54, 1.807) is 0 Å². The minimum atomic E-state index is -4.86. The third-order valence-electron chi connectivity index (χ3n) is 1.40. The van der Waals surface area contributed by atoms with E-state index in [-0.39, 0.29) is 5.56 Å². The number of carbonyl (C=O) groups is 1. The number of halogens is 4. The van der Waals surface area contributed by atoms with Crippen LogP contribution in [0.2, 0.25) is 0 Å². The second kappa shape index (κ2) is 4.32. The molecular weight excluding hydrogens is 253 g/mol. The van der Waals surface area contributed by atoms with Gasteiger partial charge in [-0.2, -0.15) is 0 Å². The average Bonchev–Trinajstić information content (AvgIpc) is 2.05. The fourth-order valence-corrected chi connectivity index (χ4v) is 1.24. The lowest BCUT2D eigenvalue weighted by atomic mass is 10.2. The Bertz CT molecular complexity index is 392. The standard InChI is InChI=1S/C8H4ClF3O2S/c9-7(13)5-3-4(15)1-2-6(5)14-8(10,11)12/h1-3,15H. The summed E-state index contributed by atoms with van der Waals surface area (Å²) in [5, 5.41) is -1.04. The first-order chi connectivity index (χ1) is 6.79. The zero-order valence-corrected chi connectivity index (χ0v) is 8.66. The van der Waals surface area contributed by atoms with E-state index in [2.05, 4.69) is 17.4 Å². The first-order valence-corrected chi connectivity index (χ1v) is 4.41. The Morgan fingerprint density at radius 2 is 2.00 bits per heavy atom. The van der Waals surface area contributed by atoms with Crippen LogP contribution in [-0.2, 0) is 0 Å². The van der Waals surface area contributed by atoms with Crippen molar-refractivity contribution in [2.24, 2.45) is 0 Å². The van der Waals surface area contributed by atoms with Crippen LogP contribution < -0.4 is 4.74 Å². The van der Waals surface area contributed by atoms with E-state index in [0.29, 0.717) is 4.90 Å². The molecule has 0 aliphatic heterocycles. The highest BCUT2D eigenvalue weighted by Gasteiger charge is 2.32. The van der Waals surface area contributed by atoms with Crippen molar-refractivity contribution in [3.63, 3.8) is 0 Å². The van der Waals surface area contributed by atoms with Crippen LogP contribution in [0.25, 0.3) is 0 Å². The van der Waals surface area contributed by atoms with Gasteiger partial charge in [-0.25, -0.2) is 0 Å². The van der Waals surface area contributed by atoms with Crippen LogP contribution in [0.15, 0.2) is 23.1 Å². The summed E-state index contributed by atoms with van der Waals surface area (Å²) in [4.78, 5) is 11.1. The van der Waals surface area contributed by atoms with Gasteiger partial charge in [-0.15, -0.1) is 25.8 Å². The van der Waals surface area contributed by atoms with Crippen molar-refractivity contribution in [2.45, 2.75) is 11.3 Å². The van der Waals surface area contributed by atoms with Crippen LogP contribution in [0.4, 0.5) is 13.2 Å². The summed E-state index contributed by atoms with van der Waals surface area (Å²) in [7, 11) is 0. The lowest BCUT2D eigenvalue weighted by Gasteiger charge is -2.11. The van der Waals surface area contributed by atoms with Gasteiger partial charge in [0.05, 0.1) is 5.56 Å². The molecule has 0 aliphatic rings. The minimum Gasteiger partial charge on any atom is -0.405 e. The van der Waals surface area contributed by atoms with Gasteiger partial charge in [0.25, 0.3) is 5.24 Å². The Morgan fingerprint density at radius 3 is 2.47 bits per heavy atom. The SMILES string of the molecule is O=C(Cl)c1cc(S)ccc1OC(F)(F)F. The first-order valence-electron chi connectivity index (χ1n) is 3.58. The molecule has 0 heterocycles. The monoisotopic (exact) mass is 256 g/mol. The fraction of sp³-hybridized carbons (Fsp3) is 0.125. The smallest absolute Gasteiger partial charge is 0.405 e. The van der Waals surface area contributed by atoms with E-state index in [1.807, 2.05) is 0 Å². The molecule has 7 heteroatoms. The highest BCUT2D eigenvalue weighted by molar-refractivity contribution is 7.80. The van der Waals surface area contributed by atoms with E-state index in [1.165, 1.54) is 6.07 Å². The van der Waals surface area contributed by atoms with E-state index in [0.717, 1.165) is 12.1 Å². The number of carbonyl (C=O) groups excluding carboxylic acids is 1. The van der Waals surface area contributed by atoms with Crippen LogP contribution in [-0.4, -0.2) is 11.6 Å². The molecule has 0 N–H and O–H groups in total. The number of hydrogen-bond donors (Lipinski definition) is 1. The summed E-state index contributed by atoms with van der Waals surface area (Å²) in [6, 6.07) is 3.33. The maximum absolute atomic E-state index is 11.9. The molecule has 2 nitrogen and oxygen atoms in total. The lowest BCUT2D eigenvalue weighted by Crippen LogP contribution is -2.18. The molecule has 0 aromatic heterocycles. The molecule has 1 rings (SSSR count). The van der Waals surface area contributed by atoms with Gasteiger partial charge in [0.2, 0.25) is 0 Å². The molecule has 0 radical (unpaired) electrons. The second-order valence-corrected chi connectivity index (χ2v) is 3.36. The van der Waals surface area contributed by atoms with Crippen LogP contribution in [0.3, 0.4) is 0 Å². The van der Waals surface area contributed by atoms with Gasteiger partial charge < -0.3 is 4.74 Å². The third-order valence-corrected chi connectivity index (χ3v) is 1.88. The fourth-order valence-electron chi connectivity index (χ4n) is 0.885. The lowest BCUT2D eigenvalue weighted by molar-refractivity contribution is -0.274. The minimum absolute atomic E-state index is 0.313. The Labute approximate surface area is 93.4 Å². The van der Waals surface area contributed by atoms with Gasteiger partial charge in [-0.1, -0.05) is 0 Å². The van der Waals surface area contributed by atoms with Gasteiger partial charge in [0.1, 0.15) is 5.75 Å². The zero-order valence-electron chi connectivity index (χ0n) is 7.01. The van der Waals surface area contributed by atoms with Crippen molar-refractivity contribution in [3.05, 3.63) is 23.8 Å².